The third-order valence-electron chi connectivity index (χ3n) is 2.54. The van der Waals surface area contributed by atoms with Gasteiger partial charge < -0.3 is 4.90 Å². The van der Waals surface area contributed by atoms with Crippen LogP contribution < -0.4 is 4.90 Å². The van der Waals surface area contributed by atoms with Gasteiger partial charge in [-0.1, -0.05) is 19.9 Å². The van der Waals surface area contributed by atoms with Crippen molar-refractivity contribution < 1.29 is 9.18 Å². The van der Waals surface area contributed by atoms with E-state index in [0.29, 0.717) is 43.0 Å². The molecule has 0 aromatic heterocycles. The largest absolute Gasteiger partial charge is 0.367 e. The highest BCUT2D eigenvalue weighted by Crippen LogP contribution is 2.24. The van der Waals surface area contributed by atoms with Gasteiger partial charge >= 0.3 is 0 Å². The Morgan fingerprint density at radius 2 is 2.22 bits per heavy atom. The van der Waals surface area contributed by atoms with Gasteiger partial charge in [0.2, 0.25) is 0 Å². The highest BCUT2D eigenvalue weighted by atomic mass is 19.1. The highest BCUT2D eigenvalue weighted by molar-refractivity contribution is 5.84. The van der Waals surface area contributed by atoms with Gasteiger partial charge in [-0.25, -0.2) is 4.39 Å². The summed E-state index contributed by atoms with van der Waals surface area (Å²) < 4.78 is 13.9. The van der Waals surface area contributed by atoms with Crippen LogP contribution in [-0.2, 0) is 0 Å². The lowest BCUT2D eigenvalue weighted by molar-refractivity contribution is 0.112. The fourth-order valence-corrected chi connectivity index (χ4v) is 1.88. The minimum Gasteiger partial charge on any atom is -0.367 e. The van der Waals surface area contributed by atoms with E-state index in [2.05, 4.69) is 0 Å². The average Bonchev–Trinajstić information content (AvgIpc) is 2.34. The molecule has 0 radical (unpaired) electrons. The van der Waals surface area contributed by atoms with E-state index in [0.717, 1.165) is 0 Å². The number of aldehydes is 1. The topological polar surface area (TPSA) is 44.1 Å². The van der Waals surface area contributed by atoms with Crippen LogP contribution in [0.5, 0.6) is 0 Å². The highest BCUT2D eigenvalue weighted by Gasteiger charge is 2.16. The Labute approximate surface area is 107 Å². The maximum absolute atomic E-state index is 13.9. The summed E-state index contributed by atoms with van der Waals surface area (Å²) in [6.45, 7) is 5.07. The summed E-state index contributed by atoms with van der Waals surface area (Å²) >= 11 is 0. The fraction of sp³-hybridized carbons (Fsp3) is 0.429. The lowest BCUT2D eigenvalue weighted by Gasteiger charge is -2.27. The van der Waals surface area contributed by atoms with Gasteiger partial charge in [0.1, 0.15) is 5.82 Å². The van der Waals surface area contributed by atoms with Crippen molar-refractivity contribution >= 4 is 12.0 Å². The molecule has 1 aromatic carbocycles. The second-order valence-electron chi connectivity index (χ2n) is 4.54. The third kappa shape index (κ3) is 3.56. The number of carbonyl (C=O) groups is 1. The molecule has 0 heterocycles. The molecule has 0 amide bonds. The van der Waals surface area contributed by atoms with Crippen LogP contribution in [0.3, 0.4) is 0 Å². The summed E-state index contributed by atoms with van der Waals surface area (Å²) in [6, 6.07) is 6.48. The molecule has 96 valence electrons. The van der Waals surface area contributed by atoms with Gasteiger partial charge in [-0.15, -0.1) is 0 Å². The van der Waals surface area contributed by atoms with E-state index < -0.39 is 5.82 Å². The monoisotopic (exact) mass is 248 g/mol. The molecular weight excluding hydrogens is 231 g/mol. The van der Waals surface area contributed by atoms with Crippen LogP contribution in [0.2, 0.25) is 0 Å². The Morgan fingerprint density at radius 3 is 2.78 bits per heavy atom. The smallest absolute Gasteiger partial charge is 0.152 e. The molecule has 0 fully saturated rings. The summed E-state index contributed by atoms with van der Waals surface area (Å²) in [4.78, 5) is 12.8. The number of hydrogen-bond donors (Lipinski definition) is 0. The van der Waals surface area contributed by atoms with Crippen molar-refractivity contribution in [1.29, 1.82) is 5.26 Å². The van der Waals surface area contributed by atoms with Crippen LogP contribution in [0, 0.1) is 23.1 Å². The standard InChI is InChI=1S/C14H17FN2O/c1-11(2)9-17(8-4-7-16)14-12(10-18)5-3-6-13(14)15/h3,5-6,10-11H,4,8-9H2,1-2H3. The van der Waals surface area contributed by atoms with Crippen molar-refractivity contribution in [3.05, 3.63) is 29.6 Å². The van der Waals surface area contributed by atoms with E-state index >= 15 is 0 Å². The zero-order chi connectivity index (χ0) is 13.5. The normalized spacial score (nSPS) is 10.2. The quantitative estimate of drug-likeness (QED) is 0.727. The minimum atomic E-state index is -0.418. The first-order valence-electron chi connectivity index (χ1n) is 5.95. The summed E-state index contributed by atoms with van der Waals surface area (Å²) in [5.41, 5.74) is 0.630. The Bertz CT molecular complexity index is 452. The molecule has 0 saturated carbocycles. The lowest BCUT2D eigenvalue weighted by Crippen LogP contribution is -2.30. The van der Waals surface area contributed by atoms with Crippen LogP contribution >= 0.6 is 0 Å². The first-order valence-corrected chi connectivity index (χ1v) is 5.95. The van der Waals surface area contributed by atoms with Gasteiger partial charge in [0.25, 0.3) is 0 Å². The molecule has 4 heteroatoms. The summed E-state index contributed by atoms with van der Waals surface area (Å²) in [5, 5.41) is 8.65. The van der Waals surface area contributed by atoms with Crippen molar-refractivity contribution in [1.82, 2.24) is 0 Å². The summed E-state index contributed by atoms with van der Waals surface area (Å²) in [6.07, 6.45) is 0.956. The van der Waals surface area contributed by atoms with Gasteiger partial charge in [-0.05, 0) is 18.1 Å². The summed E-state index contributed by atoms with van der Waals surface area (Å²) in [7, 11) is 0. The van der Waals surface area contributed by atoms with Crippen molar-refractivity contribution in [3.8, 4) is 6.07 Å². The van der Waals surface area contributed by atoms with Gasteiger partial charge in [-0.2, -0.15) is 5.26 Å². The van der Waals surface area contributed by atoms with Gasteiger partial charge in [0.15, 0.2) is 6.29 Å². The molecule has 1 rings (SSSR count). The van der Waals surface area contributed by atoms with Crippen LogP contribution in [-0.4, -0.2) is 19.4 Å². The Balaban J connectivity index is 3.11. The number of carbonyl (C=O) groups excluding carboxylic acids is 1. The molecule has 0 aliphatic carbocycles. The predicted octanol–water partition coefficient (Wildman–Crippen LogP) is 3.01. The number of para-hydroxylation sites is 1. The zero-order valence-corrected chi connectivity index (χ0v) is 10.7. The second-order valence-corrected chi connectivity index (χ2v) is 4.54. The third-order valence-corrected chi connectivity index (χ3v) is 2.54. The SMILES string of the molecule is CC(C)CN(CCC#N)c1c(F)cccc1C=O. The van der Waals surface area contributed by atoms with Gasteiger partial charge in [0.05, 0.1) is 18.2 Å². The molecule has 0 spiro atoms. The van der Waals surface area contributed by atoms with E-state index in [1.165, 1.54) is 12.1 Å². The first-order chi connectivity index (χ1) is 8.60. The molecule has 0 aliphatic rings. The van der Waals surface area contributed by atoms with Crippen LogP contribution in [0.4, 0.5) is 10.1 Å². The average molecular weight is 248 g/mol. The number of benzene rings is 1. The molecule has 1 aromatic rings. The minimum absolute atomic E-state index is 0.302. The number of halogens is 1. The van der Waals surface area contributed by atoms with Crippen molar-refractivity contribution in [2.45, 2.75) is 20.3 Å². The van der Waals surface area contributed by atoms with Crippen molar-refractivity contribution in [3.63, 3.8) is 0 Å². The zero-order valence-electron chi connectivity index (χ0n) is 10.7. The molecule has 0 saturated heterocycles. The van der Waals surface area contributed by atoms with Crippen molar-refractivity contribution in [2.24, 2.45) is 5.92 Å². The van der Waals surface area contributed by atoms with Crippen LogP contribution in [0.15, 0.2) is 18.2 Å². The van der Waals surface area contributed by atoms with Crippen LogP contribution in [0.25, 0.3) is 0 Å². The van der Waals surface area contributed by atoms with E-state index in [4.69, 9.17) is 5.26 Å². The van der Waals surface area contributed by atoms with E-state index in [1.807, 2.05) is 19.9 Å². The Kier molecular flexibility index (Phi) is 5.31. The summed E-state index contributed by atoms with van der Waals surface area (Å²) in [5.74, 6) is -0.0963. The molecular formula is C14H17FN2O. The van der Waals surface area contributed by atoms with Crippen LogP contribution in [0.1, 0.15) is 30.6 Å². The molecule has 0 bridgehead atoms. The lowest BCUT2D eigenvalue weighted by atomic mass is 10.1. The second kappa shape index (κ2) is 6.75. The van der Waals surface area contributed by atoms with Crippen molar-refractivity contribution in [2.75, 3.05) is 18.0 Å². The number of hydrogen-bond acceptors (Lipinski definition) is 3. The maximum Gasteiger partial charge on any atom is 0.152 e. The maximum atomic E-state index is 13.9. The number of rotatable bonds is 6. The molecule has 0 atom stereocenters. The number of nitriles is 1. The molecule has 3 nitrogen and oxygen atoms in total. The fourth-order valence-electron chi connectivity index (χ4n) is 1.88. The van der Waals surface area contributed by atoms with E-state index in [9.17, 15) is 9.18 Å². The number of nitrogens with zero attached hydrogens (tertiary/aromatic N) is 2. The molecule has 0 N–H and O–H groups in total. The molecule has 0 unspecified atom stereocenters. The molecule has 18 heavy (non-hydrogen) atoms. The number of anilines is 1. The van der Waals surface area contributed by atoms with E-state index in [1.54, 1.807) is 11.0 Å². The molecule has 0 aliphatic heterocycles. The first kappa shape index (κ1) is 14.2. The predicted molar refractivity (Wildman–Crippen MR) is 69.1 cm³/mol. The van der Waals surface area contributed by atoms with E-state index in [-0.39, 0.29) is 0 Å². The Morgan fingerprint density at radius 1 is 1.50 bits per heavy atom. The van der Waals surface area contributed by atoms with Gasteiger partial charge in [0, 0.05) is 18.7 Å². The van der Waals surface area contributed by atoms with Gasteiger partial charge in [-0.3, -0.25) is 4.79 Å². The Hall–Kier alpha value is -1.89.